The van der Waals surface area contributed by atoms with E-state index >= 15 is 0 Å². The number of anilines is 1. The first kappa shape index (κ1) is 20.1. The average Bonchev–Trinajstić information content (AvgIpc) is 3.38. The summed E-state index contributed by atoms with van der Waals surface area (Å²) in [7, 11) is 1.76. The first-order chi connectivity index (χ1) is 14.5. The van der Waals surface area contributed by atoms with Gasteiger partial charge >= 0.3 is 0 Å². The smallest absolute Gasteiger partial charge is 0.263 e. The zero-order chi connectivity index (χ0) is 21.1. The van der Waals surface area contributed by atoms with Crippen LogP contribution in [0.3, 0.4) is 0 Å². The van der Waals surface area contributed by atoms with Gasteiger partial charge in [-0.3, -0.25) is 14.6 Å². The van der Waals surface area contributed by atoms with Gasteiger partial charge in [0.15, 0.2) is 0 Å². The van der Waals surface area contributed by atoms with E-state index in [9.17, 15) is 9.59 Å². The Morgan fingerprint density at radius 1 is 1.30 bits per heavy atom. The third-order valence-corrected chi connectivity index (χ3v) is 5.94. The number of hydrogen-bond donors (Lipinski definition) is 1. The van der Waals surface area contributed by atoms with Gasteiger partial charge in [-0.1, -0.05) is 6.07 Å². The lowest BCUT2D eigenvalue weighted by Gasteiger charge is -2.31. The highest BCUT2D eigenvalue weighted by atomic mass is 32.1. The summed E-state index contributed by atoms with van der Waals surface area (Å²) >= 11 is 1.42. The molecule has 0 bridgehead atoms. The van der Waals surface area contributed by atoms with Crippen molar-refractivity contribution in [3.05, 3.63) is 52.6 Å². The van der Waals surface area contributed by atoms with Crippen molar-refractivity contribution < 1.29 is 14.3 Å². The monoisotopic (exact) mass is 425 g/mol. The predicted molar refractivity (Wildman–Crippen MR) is 114 cm³/mol. The Kier molecular flexibility index (Phi) is 5.80. The van der Waals surface area contributed by atoms with Gasteiger partial charge in [-0.25, -0.2) is 4.68 Å². The molecule has 0 aromatic carbocycles. The molecule has 1 atom stereocenters. The molecule has 1 N–H and O–H groups in total. The summed E-state index contributed by atoms with van der Waals surface area (Å²) in [6, 6.07) is 7.24. The standard InChI is InChI=1S/C21H23N5O3S/c1-14-18(21(25(2)24-14)29-16-7-3-9-22-12-16)23-19(27)15-6-4-10-26(13-15)20(28)17-8-5-11-30-17/h3,5,7-9,11-12,15H,4,6,10,13H2,1-2H3,(H,23,27). The molecule has 1 aliphatic rings. The SMILES string of the molecule is Cc1nn(C)c(Oc2cccnc2)c1NC(=O)C1CCCN(C(=O)c2cccs2)C1. The Morgan fingerprint density at radius 2 is 2.17 bits per heavy atom. The quantitative estimate of drug-likeness (QED) is 0.676. The lowest BCUT2D eigenvalue weighted by Crippen LogP contribution is -2.43. The highest BCUT2D eigenvalue weighted by Crippen LogP contribution is 2.32. The van der Waals surface area contributed by atoms with Gasteiger partial charge in [0.05, 0.1) is 22.7 Å². The molecule has 0 aliphatic carbocycles. The van der Waals surface area contributed by atoms with E-state index < -0.39 is 0 Å². The predicted octanol–water partition coefficient (Wildman–Crippen LogP) is 3.47. The van der Waals surface area contributed by atoms with Crippen molar-refractivity contribution >= 4 is 28.8 Å². The van der Waals surface area contributed by atoms with Crippen molar-refractivity contribution in [1.29, 1.82) is 0 Å². The molecule has 3 aromatic rings. The Hall–Kier alpha value is -3.20. The van der Waals surface area contributed by atoms with Crippen LogP contribution >= 0.6 is 11.3 Å². The van der Waals surface area contributed by atoms with E-state index in [0.717, 1.165) is 12.8 Å². The molecule has 1 saturated heterocycles. The summed E-state index contributed by atoms with van der Waals surface area (Å²) < 4.78 is 7.51. The zero-order valence-corrected chi connectivity index (χ0v) is 17.7. The van der Waals surface area contributed by atoms with E-state index in [1.165, 1.54) is 11.3 Å². The summed E-state index contributed by atoms with van der Waals surface area (Å²) in [5.74, 6) is 0.567. The third kappa shape index (κ3) is 4.20. The van der Waals surface area contributed by atoms with Crippen molar-refractivity contribution in [2.45, 2.75) is 19.8 Å². The van der Waals surface area contributed by atoms with Gasteiger partial charge < -0.3 is 15.0 Å². The van der Waals surface area contributed by atoms with Gasteiger partial charge in [-0.15, -0.1) is 11.3 Å². The maximum Gasteiger partial charge on any atom is 0.263 e. The fourth-order valence-corrected chi connectivity index (χ4v) is 4.26. The summed E-state index contributed by atoms with van der Waals surface area (Å²) in [6.45, 7) is 2.89. The minimum absolute atomic E-state index is 0.0133. The summed E-state index contributed by atoms with van der Waals surface area (Å²) in [5.41, 5.74) is 1.19. The third-order valence-electron chi connectivity index (χ3n) is 5.08. The number of thiophene rings is 1. The number of rotatable bonds is 5. The normalized spacial score (nSPS) is 16.3. The average molecular weight is 426 g/mol. The van der Waals surface area contributed by atoms with Crippen LogP contribution < -0.4 is 10.1 Å². The molecule has 4 rings (SSSR count). The molecular formula is C21H23N5O3S. The van der Waals surface area contributed by atoms with Crippen molar-refractivity contribution in [3.8, 4) is 11.6 Å². The summed E-state index contributed by atoms with van der Waals surface area (Å²) in [4.78, 5) is 32.2. The van der Waals surface area contributed by atoms with Crippen LogP contribution in [0.15, 0.2) is 42.0 Å². The topological polar surface area (TPSA) is 89.3 Å². The molecule has 156 valence electrons. The number of carbonyl (C=O) groups excluding carboxylic acids is 2. The van der Waals surface area contributed by atoms with Gasteiger partial charge in [0, 0.05) is 26.3 Å². The number of amides is 2. The molecule has 0 radical (unpaired) electrons. The summed E-state index contributed by atoms with van der Waals surface area (Å²) in [5, 5.41) is 9.24. The van der Waals surface area contributed by atoms with E-state index in [1.807, 2.05) is 24.4 Å². The molecule has 1 fully saturated rings. The number of nitrogens with one attached hydrogen (secondary N) is 1. The van der Waals surface area contributed by atoms with Crippen LogP contribution in [0.2, 0.25) is 0 Å². The number of hydrogen-bond acceptors (Lipinski definition) is 6. The van der Waals surface area contributed by atoms with Gasteiger partial charge in [-0.2, -0.15) is 5.10 Å². The Balaban J connectivity index is 1.48. The van der Waals surface area contributed by atoms with Gasteiger partial charge in [0.2, 0.25) is 11.8 Å². The minimum atomic E-state index is -0.284. The van der Waals surface area contributed by atoms with E-state index in [-0.39, 0.29) is 17.7 Å². The molecule has 9 heteroatoms. The number of piperidine rings is 1. The zero-order valence-electron chi connectivity index (χ0n) is 16.9. The second kappa shape index (κ2) is 8.66. The Morgan fingerprint density at radius 3 is 2.90 bits per heavy atom. The van der Waals surface area contributed by atoms with Crippen LogP contribution in [-0.4, -0.2) is 44.6 Å². The van der Waals surface area contributed by atoms with Crippen LogP contribution in [0.25, 0.3) is 0 Å². The minimum Gasteiger partial charge on any atom is -0.436 e. The first-order valence-corrected chi connectivity index (χ1v) is 10.7. The van der Waals surface area contributed by atoms with Crippen LogP contribution in [-0.2, 0) is 11.8 Å². The van der Waals surface area contributed by atoms with Crippen molar-refractivity contribution in [2.75, 3.05) is 18.4 Å². The number of aryl methyl sites for hydroxylation is 2. The molecule has 0 spiro atoms. The van der Waals surface area contributed by atoms with Crippen molar-refractivity contribution in [3.63, 3.8) is 0 Å². The lowest BCUT2D eigenvalue weighted by molar-refractivity contribution is -0.121. The number of nitrogens with zero attached hydrogens (tertiary/aromatic N) is 4. The van der Waals surface area contributed by atoms with E-state index in [2.05, 4.69) is 15.4 Å². The van der Waals surface area contributed by atoms with Gasteiger partial charge in [0.25, 0.3) is 5.91 Å². The highest BCUT2D eigenvalue weighted by Gasteiger charge is 2.30. The fraction of sp³-hybridized carbons (Fsp3) is 0.333. The van der Waals surface area contributed by atoms with Gasteiger partial charge in [-0.05, 0) is 43.3 Å². The molecule has 30 heavy (non-hydrogen) atoms. The fourth-order valence-electron chi connectivity index (χ4n) is 3.57. The maximum absolute atomic E-state index is 13.0. The largest absolute Gasteiger partial charge is 0.436 e. The molecule has 1 aliphatic heterocycles. The highest BCUT2D eigenvalue weighted by molar-refractivity contribution is 7.12. The number of pyridine rings is 1. The van der Waals surface area contributed by atoms with Crippen LogP contribution in [0.4, 0.5) is 5.69 Å². The Labute approximate surface area is 178 Å². The molecule has 4 heterocycles. The lowest BCUT2D eigenvalue weighted by atomic mass is 9.97. The van der Waals surface area contributed by atoms with Crippen LogP contribution in [0.5, 0.6) is 11.6 Å². The molecule has 3 aromatic heterocycles. The van der Waals surface area contributed by atoms with Crippen molar-refractivity contribution in [1.82, 2.24) is 19.7 Å². The summed E-state index contributed by atoms with van der Waals surface area (Å²) in [6.07, 6.45) is 4.79. The second-order valence-corrected chi connectivity index (χ2v) is 8.18. The second-order valence-electron chi connectivity index (χ2n) is 7.24. The molecule has 2 amide bonds. The molecular weight excluding hydrogens is 402 g/mol. The molecule has 1 unspecified atom stereocenters. The molecule has 8 nitrogen and oxygen atoms in total. The number of ether oxygens (including phenoxy) is 1. The van der Waals surface area contributed by atoms with Crippen LogP contribution in [0, 0.1) is 12.8 Å². The van der Waals surface area contributed by atoms with E-state index in [1.54, 1.807) is 41.2 Å². The number of likely N-dealkylation sites (tertiary alicyclic amines) is 1. The maximum atomic E-state index is 13.0. The molecule has 0 saturated carbocycles. The van der Waals surface area contributed by atoms with Gasteiger partial charge in [0.1, 0.15) is 11.4 Å². The van der Waals surface area contributed by atoms with E-state index in [0.29, 0.717) is 41.0 Å². The van der Waals surface area contributed by atoms with Crippen molar-refractivity contribution in [2.24, 2.45) is 13.0 Å². The van der Waals surface area contributed by atoms with Crippen LogP contribution in [0.1, 0.15) is 28.2 Å². The van der Waals surface area contributed by atoms with E-state index in [4.69, 9.17) is 4.74 Å². The first-order valence-electron chi connectivity index (χ1n) is 9.78. The number of carbonyl (C=O) groups is 2. The number of aromatic nitrogens is 3. The Bertz CT molecular complexity index is 1030.